The minimum atomic E-state index is -4.23. The maximum Gasteiger partial charge on any atom is 0.337 e. The van der Waals surface area contributed by atoms with Gasteiger partial charge in [-0.2, -0.15) is 14.0 Å². The number of aliphatic hydroxyl groups is 1. The Bertz CT molecular complexity index is 962. The van der Waals surface area contributed by atoms with Gasteiger partial charge < -0.3 is 15.7 Å². The van der Waals surface area contributed by atoms with E-state index in [1.807, 2.05) is 6.07 Å². The van der Waals surface area contributed by atoms with Crippen LogP contribution in [0.1, 0.15) is 52.0 Å². The predicted octanol–water partition coefficient (Wildman–Crippen LogP) is 3.34. The molecule has 2 rings (SSSR count). The molecular weight excluding hydrogens is 468 g/mol. The highest BCUT2D eigenvalue weighted by molar-refractivity contribution is 6.31. The molecule has 2 amide bonds. The molecule has 0 spiro atoms. The van der Waals surface area contributed by atoms with Gasteiger partial charge in [0.05, 0.1) is 6.07 Å². The van der Waals surface area contributed by atoms with Crippen molar-refractivity contribution < 1.29 is 28.3 Å². The van der Waals surface area contributed by atoms with Gasteiger partial charge in [0.1, 0.15) is 6.04 Å². The summed E-state index contributed by atoms with van der Waals surface area (Å²) < 4.78 is 30.4. The van der Waals surface area contributed by atoms with Crippen molar-refractivity contribution in [3.05, 3.63) is 34.9 Å². The Labute approximate surface area is 202 Å². The topological polar surface area (TPSA) is 119 Å². The molecule has 1 unspecified atom stereocenters. The van der Waals surface area contributed by atoms with Crippen LogP contribution in [0.4, 0.5) is 8.78 Å². The largest absolute Gasteiger partial charge is 0.379 e. The number of nitriles is 1. The Balaban J connectivity index is 2.18. The number of hydrogen-bond acceptors (Lipinski definition) is 5. The molecule has 1 aliphatic heterocycles. The number of ketones is 1. The van der Waals surface area contributed by atoms with E-state index in [2.05, 4.69) is 10.6 Å². The van der Waals surface area contributed by atoms with Gasteiger partial charge in [-0.05, 0) is 38.2 Å². The van der Waals surface area contributed by atoms with E-state index in [-0.39, 0.29) is 35.3 Å². The van der Waals surface area contributed by atoms with Gasteiger partial charge in [0.15, 0.2) is 5.60 Å². The second kappa shape index (κ2) is 11.2. The second-order valence-corrected chi connectivity index (χ2v) is 9.69. The molecule has 186 valence electrons. The third-order valence-corrected chi connectivity index (χ3v) is 6.40. The zero-order chi connectivity index (χ0) is 25.7. The predicted molar refractivity (Wildman–Crippen MR) is 122 cm³/mol. The molecule has 0 radical (unpaired) electrons. The maximum atomic E-state index is 15.2. The standard InChI is InChI=1S/C24H30ClF2N3O4/c1-14(2)10-16(22(33)30-17(13-28)11-15-8-9-29-21(15)32)12-20(31)24(26,27)23(3,34)18-6-4-5-7-19(18)25/h4-7,14-17,34H,8-12H2,1-3H3,(H,29,32)(H,30,33)/t15-,16+,17-,23?/m0/s1. The molecule has 0 aliphatic carbocycles. The van der Waals surface area contributed by atoms with Crippen molar-refractivity contribution in [3.63, 3.8) is 0 Å². The average molecular weight is 498 g/mol. The number of nitrogens with one attached hydrogen (secondary N) is 2. The Morgan fingerprint density at radius 2 is 2.00 bits per heavy atom. The summed E-state index contributed by atoms with van der Waals surface area (Å²) in [5.41, 5.74) is -3.20. The van der Waals surface area contributed by atoms with E-state index in [4.69, 9.17) is 11.6 Å². The van der Waals surface area contributed by atoms with E-state index < -0.39 is 47.5 Å². The highest BCUT2D eigenvalue weighted by Gasteiger charge is 2.57. The maximum absolute atomic E-state index is 15.2. The number of carbonyl (C=O) groups excluding carboxylic acids is 3. The molecule has 1 aliphatic rings. The van der Waals surface area contributed by atoms with Crippen LogP contribution in [0.25, 0.3) is 0 Å². The van der Waals surface area contributed by atoms with E-state index in [9.17, 15) is 24.8 Å². The molecule has 4 atom stereocenters. The SMILES string of the molecule is CC(C)C[C@H](CC(=O)C(F)(F)C(C)(O)c1ccccc1Cl)C(=O)N[C@H](C#N)C[C@@H]1CCNC1=O. The monoisotopic (exact) mass is 497 g/mol. The van der Waals surface area contributed by atoms with Crippen molar-refractivity contribution >= 4 is 29.2 Å². The van der Waals surface area contributed by atoms with E-state index in [0.717, 1.165) is 6.92 Å². The number of hydrogen-bond donors (Lipinski definition) is 3. The summed E-state index contributed by atoms with van der Waals surface area (Å²) in [6, 6.07) is 6.38. The van der Waals surface area contributed by atoms with Gasteiger partial charge in [0.2, 0.25) is 17.6 Å². The fourth-order valence-corrected chi connectivity index (χ4v) is 4.41. The fourth-order valence-electron chi connectivity index (χ4n) is 4.09. The minimum Gasteiger partial charge on any atom is -0.379 e. The number of nitrogens with zero attached hydrogens (tertiary/aromatic N) is 1. The third kappa shape index (κ3) is 6.30. The first-order valence-corrected chi connectivity index (χ1v) is 11.5. The number of Topliss-reactive ketones (excluding diaryl/α,β-unsaturated/α-hetero) is 1. The number of alkyl halides is 2. The first-order valence-electron chi connectivity index (χ1n) is 11.2. The second-order valence-electron chi connectivity index (χ2n) is 9.28. The van der Waals surface area contributed by atoms with Crippen LogP contribution >= 0.6 is 11.6 Å². The lowest BCUT2D eigenvalue weighted by Crippen LogP contribution is -2.50. The van der Waals surface area contributed by atoms with Crippen LogP contribution in [0, 0.1) is 29.1 Å². The van der Waals surface area contributed by atoms with E-state index in [1.165, 1.54) is 24.3 Å². The lowest BCUT2D eigenvalue weighted by atomic mass is 9.82. The Kier molecular flexibility index (Phi) is 9.15. The Morgan fingerprint density at radius 3 is 2.53 bits per heavy atom. The van der Waals surface area contributed by atoms with Crippen molar-refractivity contribution in [1.82, 2.24) is 10.6 Å². The highest BCUT2D eigenvalue weighted by atomic mass is 35.5. The molecular formula is C24H30ClF2N3O4. The molecule has 0 aromatic heterocycles. The molecule has 0 bridgehead atoms. The van der Waals surface area contributed by atoms with Gasteiger partial charge in [-0.3, -0.25) is 14.4 Å². The first-order chi connectivity index (χ1) is 15.8. The van der Waals surface area contributed by atoms with Crippen molar-refractivity contribution in [3.8, 4) is 6.07 Å². The number of rotatable bonds is 11. The first kappa shape index (κ1) is 27.7. The van der Waals surface area contributed by atoms with Crippen LogP contribution in [0.5, 0.6) is 0 Å². The zero-order valence-corrected chi connectivity index (χ0v) is 20.2. The van der Waals surface area contributed by atoms with Crippen molar-refractivity contribution in [2.45, 2.75) is 64.0 Å². The highest BCUT2D eigenvalue weighted by Crippen LogP contribution is 2.42. The molecule has 3 N–H and O–H groups in total. The van der Waals surface area contributed by atoms with Gasteiger partial charge in [0.25, 0.3) is 0 Å². The number of halogens is 3. The molecule has 0 saturated carbocycles. The van der Waals surface area contributed by atoms with Gasteiger partial charge in [-0.15, -0.1) is 0 Å². The summed E-state index contributed by atoms with van der Waals surface area (Å²) in [5, 5.41) is 25.1. The molecule has 7 nitrogen and oxygen atoms in total. The van der Waals surface area contributed by atoms with Crippen LogP contribution in [0.2, 0.25) is 5.02 Å². The van der Waals surface area contributed by atoms with Gasteiger partial charge in [-0.1, -0.05) is 43.6 Å². The van der Waals surface area contributed by atoms with Crippen molar-refractivity contribution in [1.29, 1.82) is 5.26 Å². The molecule has 1 fully saturated rings. The smallest absolute Gasteiger partial charge is 0.337 e. The van der Waals surface area contributed by atoms with Gasteiger partial charge >= 0.3 is 5.92 Å². The minimum absolute atomic E-state index is 0.0911. The summed E-state index contributed by atoms with van der Waals surface area (Å²) in [5.74, 6) is -8.45. The zero-order valence-electron chi connectivity index (χ0n) is 19.4. The fraction of sp³-hybridized carbons (Fsp3) is 0.583. The summed E-state index contributed by atoms with van der Waals surface area (Å²) in [4.78, 5) is 37.4. The van der Waals surface area contributed by atoms with E-state index in [0.29, 0.717) is 13.0 Å². The lowest BCUT2D eigenvalue weighted by molar-refractivity contribution is -0.190. The number of carbonyl (C=O) groups is 3. The molecule has 1 saturated heterocycles. The number of benzene rings is 1. The Morgan fingerprint density at radius 1 is 1.35 bits per heavy atom. The summed E-state index contributed by atoms with van der Waals surface area (Å²) in [6.07, 6.45) is -0.0957. The average Bonchev–Trinajstić information content (AvgIpc) is 3.16. The summed E-state index contributed by atoms with van der Waals surface area (Å²) in [7, 11) is 0. The third-order valence-electron chi connectivity index (χ3n) is 6.07. The summed E-state index contributed by atoms with van der Waals surface area (Å²) >= 11 is 5.97. The van der Waals surface area contributed by atoms with Crippen LogP contribution in [-0.2, 0) is 20.0 Å². The lowest BCUT2D eigenvalue weighted by Gasteiger charge is -2.33. The van der Waals surface area contributed by atoms with Crippen LogP contribution in [0.15, 0.2) is 24.3 Å². The molecule has 1 aromatic carbocycles. The van der Waals surface area contributed by atoms with Crippen LogP contribution < -0.4 is 10.6 Å². The molecule has 10 heteroatoms. The van der Waals surface area contributed by atoms with Crippen molar-refractivity contribution in [2.75, 3.05) is 6.54 Å². The quantitative estimate of drug-likeness (QED) is 0.433. The van der Waals surface area contributed by atoms with E-state index >= 15 is 8.78 Å². The van der Waals surface area contributed by atoms with Crippen molar-refractivity contribution in [2.24, 2.45) is 17.8 Å². The molecule has 34 heavy (non-hydrogen) atoms. The molecule has 1 aromatic rings. The van der Waals surface area contributed by atoms with Gasteiger partial charge in [0, 0.05) is 35.4 Å². The van der Waals surface area contributed by atoms with Gasteiger partial charge in [-0.25, -0.2) is 0 Å². The number of amides is 2. The van der Waals surface area contributed by atoms with E-state index in [1.54, 1.807) is 13.8 Å². The Hall–Kier alpha value is -2.57. The molecule has 1 heterocycles. The van der Waals surface area contributed by atoms with Crippen LogP contribution in [0.3, 0.4) is 0 Å². The normalized spacial score (nSPS) is 19.6. The van der Waals surface area contributed by atoms with Crippen LogP contribution in [-0.4, -0.2) is 41.2 Å². The summed E-state index contributed by atoms with van der Waals surface area (Å²) in [6.45, 7) is 4.84.